The summed E-state index contributed by atoms with van der Waals surface area (Å²) in [5, 5.41) is 29.7. The second-order valence-corrected chi connectivity index (χ2v) is 35.4. The average molecular weight is 1500 g/mol. The molecule has 0 atom stereocenters. The van der Waals surface area contributed by atoms with Crippen molar-refractivity contribution in [3.8, 4) is 68.0 Å². The van der Waals surface area contributed by atoms with Gasteiger partial charge >= 0.3 is 0 Å². The predicted molar refractivity (Wildman–Crippen MR) is 469 cm³/mol. The standard InChI is InChI=1S/C31H22NO.2C27H20NO.C23H18NO/c1-31(2)25-14-23-12-19-8-4-6-10-21(19)15-26(23)32-17-33-27-16-22-11-18-7-3-5-9-20(18)13-24(22)29(31)28(27)30(25)32;2*1-27(2)24-21-12-17-8-4-3-7-16(17)11-19(21)13-22-23(24)26-25(27)20-10-6-5-9-18(20)14-28(26)15-29-22;1-23(2)18-8-5-9-24-13-25-19-12-16-10-14-6-3-4-7-15(14)11-17(16)21(23)20(19)22(18)24/h3-16H,17H2,1-2H3;2*3-14H,15H2,1-2H3;3-12H,13H2,1-2H3/q4*+1. The quantitative estimate of drug-likeness (QED) is 0.112. The number of nitrogens with zero attached hydrogens (tertiary/aromatic N) is 4. The van der Waals surface area contributed by atoms with Gasteiger partial charge in [0.1, 0.15) is 23.0 Å². The Morgan fingerprint density at radius 3 is 0.940 bits per heavy atom. The van der Waals surface area contributed by atoms with Crippen LogP contribution >= 0.6 is 0 Å². The molecular weight excluding hydrogens is 1420 g/mol. The highest BCUT2D eigenvalue weighted by molar-refractivity contribution is 6.12. The zero-order valence-corrected chi connectivity index (χ0v) is 66.0. The van der Waals surface area contributed by atoms with Gasteiger partial charge in [0.2, 0.25) is 28.3 Å². The maximum Gasteiger partial charge on any atom is 0.293 e. The third-order valence-electron chi connectivity index (χ3n) is 27.5. The molecule has 0 bridgehead atoms. The van der Waals surface area contributed by atoms with Crippen molar-refractivity contribution in [3.05, 3.63) is 336 Å². The normalized spacial score (nSPS) is 15.7. The minimum atomic E-state index is -0.114. The van der Waals surface area contributed by atoms with Gasteiger partial charge in [-0.3, -0.25) is 0 Å². The lowest BCUT2D eigenvalue weighted by atomic mass is 9.78. The molecule has 8 heteroatoms. The van der Waals surface area contributed by atoms with Gasteiger partial charge in [-0.2, -0.15) is 18.3 Å². The predicted octanol–water partition coefficient (Wildman–Crippen LogP) is 24.4. The largest absolute Gasteiger partial charge is 0.435 e. The van der Waals surface area contributed by atoms with E-state index in [-0.39, 0.29) is 21.7 Å². The van der Waals surface area contributed by atoms with Crippen molar-refractivity contribution in [1.82, 2.24) is 0 Å². The molecule has 4 aliphatic carbocycles. The number of hydrogen-bond donors (Lipinski definition) is 0. The Balaban J connectivity index is 0.0000000870. The molecule has 0 spiro atoms. The van der Waals surface area contributed by atoms with Crippen LogP contribution in [0.3, 0.4) is 0 Å². The van der Waals surface area contributed by atoms with E-state index in [1.165, 1.54) is 219 Å². The van der Waals surface area contributed by atoms with E-state index in [4.69, 9.17) is 18.9 Å². The van der Waals surface area contributed by atoms with Crippen molar-refractivity contribution in [2.45, 2.75) is 104 Å². The zero-order chi connectivity index (χ0) is 77.3. The Morgan fingerprint density at radius 1 is 0.224 bits per heavy atom. The van der Waals surface area contributed by atoms with Crippen LogP contribution < -0.4 is 37.2 Å². The molecule has 0 unspecified atom stereocenters. The van der Waals surface area contributed by atoms with Crippen LogP contribution in [0.4, 0.5) is 0 Å². The summed E-state index contributed by atoms with van der Waals surface area (Å²) in [5.41, 5.74) is 22.6. The summed E-state index contributed by atoms with van der Waals surface area (Å²) >= 11 is 0. The first-order valence-electron chi connectivity index (χ1n) is 40.9. The molecule has 0 fully saturated rings. The fourth-order valence-electron chi connectivity index (χ4n) is 22.4. The minimum absolute atomic E-state index is 0.0297. The monoisotopic (exact) mass is 1500 g/mol. The maximum absolute atomic E-state index is 6.46. The number of pyridine rings is 4. The molecular formula is C108H80N4O4+4. The van der Waals surface area contributed by atoms with Crippen LogP contribution in [0.25, 0.3) is 174 Å². The van der Waals surface area contributed by atoms with Crippen LogP contribution in [0.2, 0.25) is 0 Å². The van der Waals surface area contributed by atoms with E-state index in [1.54, 1.807) is 0 Å². The number of benzene rings is 16. The van der Waals surface area contributed by atoms with Crippen LogP contribution in [0.1, 0.15) is 99.9 Å². The Morgan fingerprint density at radius 2 is 0.534 bits per heavy atom. The first kappa shape index (κ1) is 65.9. The molecule has 0 radical (unpaired) electrons. The third kappa shape index (κ3) is 8.93. The second-order valence-electron chi connectivity index (χ2n) is 35.4. The SMILES string of the molecule is CC1(C)c2c3c(cc4cc5ccccc5cc24)OC[n+]2cc4ccccc4c1c2-3.CC1(C)c2c3c(cc4cc5ccccc5cc24)OC[n+]2cc4ccccc4c1c2-3.CC1(C)c2cc3cc4ccccc4cc3[n+]3c2-c2c(cc4cc5ccccc5cc4c21)OC3.CC1(C)c2ccc[n+]3c2-c2c(cc4cc5ccccc5cc4c21)OC3. The molecule has 4 aromatic heterocycles. The lowest BCUT2D eigenvalue weighted by Crippen LogP contribution is -2.42. The van der Waals surface area contributed by atoms with Crippen LogP contribution in [0, 0.1) is 0 Å². The molecule has 28 rings (SSSR count). The lowest BCUT2D eigenvalue weighted by molar-refractivity contribution is -0.717. The number of aromatic nitrogens is 4. The molecule has 16 aromatic carbocycles. The van der Waals surface area contributed by atoms with E-state index in [9.17, 15) is 0 Å². The Bertz CT molecular complexity index is 7750. The van der Waals surface area contributed by atoms with Crippen molar-refractivity contribution in [3.63, 3.8) is 0 Å². The van der Waals surface area contributed by atoms with Gasteiger partial charge in [-0.1, -0.05) is 213 Å². The van der Waals surface area contributed by atoms with Crippen LogP contribution in [0.15, 0.2) is 292 Å². The average Bonchev–Trinajstić information content (AvgIpc) is 1.53. The summed E-state index contributed by atoms with van der Waals surface area (Å²) in [4.78, 5) is 0. The number of hydrogen-bond acceptors (Lipinski definition) is 4. The maximum atomic E-state index is 6.46. The molecule has 0 N–H and O–H groups in total. The van der Waals surface area contributed by atoms with Gasteiger partial charge in [0.15, 0.2) is 18.6 Å². The molecule has 4 aliphatic heterocycles. The van der Waals surface area contributed by atoms with Gasteiger partial charge in [-0.15, -0.1) is 0 Å². The fourth-order valence-corrected chi connectivity index (χ4v) is 22.4. The first-order valence-corrected chi connectivity index (χ1v) is 40.9. The van der Waals surface area contributed by atoms with Crippen LogP contribution in [-0.2, 0) is 48.6 Å². The van der Waals surface area contributed by atoms with E-state index in [0.29, 0.717) is 26.9 Å². The lowest BCUT2D eigenvalue weighted by Gasteiger charge is -2.23. The minimum Gasteiger partial charge on any atom is -0.435 e. The molecule has 0 amide bonds. The fraction of sp³-hybridized carbons (Fsp3) is 0.148. The van der Waals surface area contributed by atoms with Crippen molar-refractivity contribution in [2.75, 3.05) is 0 Å². The van der Waals surface area contributed by atoms with Gasteiger partial charge in [-0.25, -0.2) is 0 Å². The van der Waals surface area contributed by atoms with Crippen LogP contribution in [-0.4, -0.2) is 0 Å². The van der Waals surface area contributed by atoms with E-state index in [1.807, 2.05) is 0 Å². The van der Waals surface area contributed by atoms with Crippen molar-refractivity contribution < 1.29 is 37.2 Å². The summed E-state index contributed by atoms with van der Waals surface area (Å²) in [7, 11) is 0. The third-order valence-corrected chi connectivity index (χ3v) is 27.5. The number of fused-ring (bicyclic) bond motifs is 19. The highest BCUT2D eigenvalue weighted by Gasteiger charge is 2.52. The summed E-state index contributed by atoms with van der Waals surface area (Å²) in [5.74, 6) is 4.07. The smallest absolute Gasteiger partial charge is 0.293 e. The van der Waals surface area contributed by atoms with Gasteiger partial charge < -0.3 is 18.9 Å². The summed E-state index contributed by atoms with van der Waals surface area (Å²) in [6.07, 6.45) is 6.61. The highest BCUT2D eigenvalue weighted by Crippen LogP contribution is 2.61. The van der Waals surface area contributed by atoms with Crippen molar-refractivity contribution in [1.29, 1.82) is 0 Å². The number of ether oxygens (including phenoxy) is 4. The van der Waals surface area contributed by atoms with E-state index >= 15 is 0 Å². The molecule has 116 heavy (non-hydrogen) atoms. The van der Waals surface area contributed by atoms with Crippen molar-refractivity contribution >= 4 is 129 Å². The number of rotatable bonds is 0. The Kier molecular flexibility index (Phi) is 13.1. The highest BCUT2D eigenvalue weighted by atomic mass is 16.5. The molecule has 8 nitrogen and oxygen atoms in total. The second kappa shape index (κ2) is 23.1. The van der Waals surface area contributed by atoms with Crippen molar-refractivity contribution in [2.24, 2.45) is 0 Å². The first-order chi connectivity index (χ1) is 56.5. The van der Waals surface area contributed by atoms with Gasteiger partial charge in [0.05, 0.1) is 22.3 Å². The molecule has 0 saturated heterocycles. The summed E-state index contributed by atoms with van der Waals surface area (Å²) in [6.45, 7) is 21.2. The van der Waals surface area contributed by atoms with Gasteiger partial charge in [0.25, 0.3) is 26.9 Å². The van der Waals surface area contributed by atoms with Gasteiger partial charge in [-0.05, 0) is 233 Å². The summed E-state index contributed by atoms with van der Waals surface area (Å²) < 4.78 is 34.4. The van der Waals surface area contributed by atoms with E-state index in [0.717, 1.165) is 23.0 Å². The van der Waals surface area contributed by atoms with E-state index in [2.05, 4.69) is 365 Å². The topological polar surface area (TPSA) is 52.4 Å². The Hall–Kier alpha value is -13.6. The van der Waals surface area contributed by atoms with E-state index < -0.39 is 0 Å². The Labute approximate surface area is 670 Å². The zero-order valence-electron chi connectivity index (χ0n) is 66.0. The molecule has 0 saturated carbocycles. The van der Waals surface area contributed by atoms with Gasteiger partial charge in [0, 0.05) is 72.2 Å². The van der Waals surface area contributed by atoms with Crippen LogP contribution in [0.5, 0.6) is 23.0 Å². The molecule has 552 valence electrons. The molecule has 8 heterocycles. The molecule has 8 aliphatic rings. The molecule has 20 aromatic rings. The summed E-state index contributed by atoms with van der Waals surface area (Å²) in [6, 6.07) is 99.8.